The predicted molar refractivity (Wildman–Crippen MR) is 157 cm³/mol. The molecule has 0 saturated heterocycles. The summed E-state index contributed by atoms with van der Waals surface area (Å²) >= 11 is 0. The van der Waals surface area contributed by atoms with Crippen LogP contribution in [0.25, 0.3) is 33.6 Å². The maximum absolute atomic E-state index is 4.74. The topological polar surface area (TPSA) is 51.6 Å². The minimum atomic E-state index is -2.48. The molecule has 6 aromatic rings. The van der Waals surface area contributed by atoms with E-state index >= 15 is 0 Å². The van der Waals surface area contributed by atoms with Crippen molar-refractivity contribution < 1.29 is 0 Å². The summed E-state index contributed by atoms with van der Waals surface area (Å²) < 4.78 is 0. The van der Waals surface area contributed by atoms with E-state index in [0.29, 0.717) is 0 Å². The van der Waals surface area contributed by atoms with E-state index in [4.69, 9.17) is 9.97 Å². The molecule has 0 radical (unpaired) electrons. The van der Waals surface area contributed by atoms with E-state index in [9.17, 15) is 0 Å². The van der Waals surface area contributed by atoms with Crippen LogP contribution in [-0.2, 0) is 0 Å². The Hall–Kier alpha value is -4.74. The molecular weight excluding hydrogens is 480 g/mol. The second kappa shape index (κ2) is 10.3. The lowest BCUT2D eigenvalue weighted by Crippen LogP contribution is -2.64. The molecule has 0 aliphatic rings. The lowest BCUT2D eigenvalue weighted by atomic mass is 10.1. The summed E-state index contributed by atoms with van der Waals surface area (Å²) in [5, 5.41) is 3.91. The van der Waals surface area contributed by atoms with Gasteiger partial charge in [0, 0.05) is 48.3 Å². The van der Waals surface area contributed by atoms with Gasteiger partial charge in [-0.2, -0.15) is 0 Å². The maximum atomic E-state index is 4.74. The van der Waals surface area contributed by atoms with Crippen LogP contribution in [0.15, 0.2) is 140 Å². The van der Waals surface area contributed by atoms with Gasteiger partial charge in [0.25, 0.3) is 0 Å². The molecule has 4 nitrogen and oxygen atoms in total. The number of rotatable bonds is 6. The lowest BCUT2D eigenvalue weighted by Gasteiger charge is -2.30. The summed E-state index contributed by atoms with van der Waals surface area (Å²) in [5.74, 6) is 0. The maximum Gasteiger partial charge on any atom is 0.145 e. The number of pyridine rings is 4. The predicted octanol–water partition coefficient (Wildman–Crippen LogP) is 5.37. The fourth-order valence-electron chi connectivity index (χ4n) is 4.98. The van der Waals surface area contributed by atoms with Gasteiger partial charge in [-0.15, -0.1) is 0 Å². The van der Waals surface area contributed by atoms with E-state index in [0.717, 1.165) is 28.1 Å². The van der Waals surface area contributed by atoms with Crippen LogP contribution in [0, 0.1) is 0 Å². The molecule has 0 bridgehead atoms. The first-order valence-corrected chi connectivity index (χ1v) is 15.1. The van der Waals surface area contributed by atoms with Crippen LogP contribution in [0.5, 0.6) is 0 Å². The third-order valence-electron chi connectivity index (χ3n) is 7.17. The minimum absolute atomic E-state index is 0.950. The van der Waals surface area contributed by atoms with Crippen LogP contribution in [-0.4, -0.2) is 28.0 Å². The summed E-state index contributed by atoms with van der Waals surface area (Å²) in [7, 11) is -2.48. The number of hydrogen-bond donors (Lipinski definition) is 0. The second-order valence-electron chi connectivity index (χ2n) is 9.40. The quantitative estimate of drug-likeness (QED) is 0.285. The van der Waals surface area contributed by atoms with Gasteiger partial charge < -0.3 is 0 Å². The van der Waals surface area contributed by atoms with Crippen LogP contribution >= 0.6 is 0 Å². The Morgan fingerprint density at radius 2 is 0.921 bits per heavy atom. The van der Waals surface area contributed by atoms with E-state index in [1.165, 1.54) is 21.1 Å². The van der Waals surface area contributed by atoms with Crippen molar-refractivity contribution in [3.8, 4) is 33.6 Å². The average molecular weight is 507 g/mol. The normalized spacial score (nSPS) is 12.6. The molecule has 0 aliphatic carbocycles. The van der Waals surface area contributed by atoms with Gasteiger partial charge in [0.05, 0.1) is 11.4 Å². The molecular formula is C33H26N4Si. The highest BCUT2D eigenvalue weighted by Gasteiger charge is 2.35. The van der Waals surface area contributed by atoms with Gasteiger partial charge >= 0.3 is 0 Å². The Balaban J connectivity index is 1.56. The van der Waals surface area contributed by atoms with Crippen molar-refractivity contribution in [2.24, 2.45) is 0 Å². The molecule has 0 fully saturated rings. The largest absolute Gasteiger partial charge is 0.265 e. The Morgan fingerprint density at radius 3 is 1.53 bits per heavy atom. The Morgan fingerprint density at radius 1 is 0.421 bits per heavy atom. The zero-order valence-electron chi connectivity index (χ0n) is 21.1. The van der Waals surface area contributed by atoms with E-state index in [2.05, 4.69) is 101 Å². The highest BCUT2D eigenvalue weighted by atomic mass is 28.3. The van der Waals surface area contributed by atoms with E-state index < -0.39 is 8.07 Å². The van der Waals surface area contributed by atoms with Gasteiger partial charge in [0.2, 0.25) is 0 Å². The molecule has 182 valence electrons. The van der Waals surface area contributed by atoms with Crippen LogP contribution in [0.2, 0.25) is 6.55 Å². The van der Waals surface area contributed by atoms with Gasteiger partial charge in [-0.3, -0.25) is 19.9 Å². The zero-order valence-corrected chi connectivity index (χ0v) is 22.1. The summed E-state index contributed by atoms with van der Waals surface area (Å²) in [6.45, 7) is 2.43. The smallest absolute Gasteiger partial charge is 0.145 e. The number of benzene rings is 2. The molecule has 0 saturated carbocycles. The van der Waals surface area contributed by atoms with Crippen molar-refractivity contribution in [1.29, 1.82) is 0 Å². The van der Waals surface area contributed by atoms with Crippen LogP contribution < -0.4 is 15.6 Å². The molecule has 0 amide bonds. The fourth-order valence-corrected chi connectivity index (χ4v) is 8.52. The van der Waals surface area contributed by atoms with E-state index in [1.54, 1.807) is 0 Å². The highest BCUT2D eigenvalue weighted by Crippen LogP contribution is 2.21. The molecule has 2 aromatic carbocycles. The lowest BCUT2D eigenvalue weighted by molar-refractivity contribution is 1.29. The van der Waals surface area contributed by atoms with Crippen molar-refractivity contribution in [3.05, 3.63) is 140 Å². The van der Waals surface area contributed by atoms with Crippen molar-refractivity contribution in [2.75, 3.05) is 0 Å². The Labute approximate surface area is 223 Å². The van der Waals surface area contributed by atoms with E-state index in [1.807, 2.05) is 55.4 Å². The minimum Gasteiger partial charge on any atom is -0.265 e. The van der Waals surface area contributed by atoms with Crippen molar-refractivity contribution in [1.82, 2.24) is 19.9 Å². The number of aromatic nitrogens is 4. The number of hydrogen-bond acceptors (Lipinski definition) is 4. The van der Waals surface area contributed by atoms with Crippen molar-refractivity contribution in [3.63, 3.8) is 0 Å². The fraction of sp³-hybridized carbons (Fsp3) is 0.0303. The second-order valence-corrected chi connectivity index (χ2v) is 13.4. The average Bonchev–Trinajstić information content (AvgIpc) is 3.02. The SMILES string of the molecule is C[Si](c1cccc(-c2ccncc2)c1)(c1ccnc(-c2ccccc2)c1)c1ccnc(-c2ccncc2)c1. The summed E-state index contributed by atoms with van der Waals surface area (Å²) in [4.78, 5) is 17.8. The third-order valence-corrected chi connectivity index (χ3v) is 11.6. The number of nitrogens with zero attached hydrogens (tertiary/aromatic N) is 4. The molecule has 1 unspecified atom stereocenters. The first-order chi connectivity index (χ1) is 18.7. The van der Waals surface area contributed by atoms with Gasteiger partial charge in [-0.05, 0) is 75.2 Å². The first kappa shape index (κ1) is 23.6. The molecule has 4 heterocycles. The Bertz CT molecular complexity index is 1470. The zero-order chi connectivity index (χ0) is 25.8. The van der Waals surface area contributed by atoms with Crippen molar-refractivity contribution >= 4 is 23.6 Å². The van der Waals surface area contributed by atoms with E-state index in [-0.39, 0.29) is 0 Å². The van der Waals surface area contributed by atoms with Crippen LogP contribution in [0.1, 0.15) is 0 Å². The monoisotopic (exact) mass is 506 g/mol. The third kappa shape index (κ3) is 4.56. The van der Waals surface area contributed by atoms with Gasteiger partial charge in [0.15, 0.2) is 0 Å². The van der Waals surface area contributed by atoms with Crippen LogP contribution in [0.3, 0.4) is 0 Å². The molecule has 1 atom stereocenters. The van der Waals surface area contributed by atoms with Crippen LogP contribution in [0.4, 0.5) is 0 Å². The van der Waals surface area contributed by atoms with Gasteiger partial charge in [-0.1, -0.05) is 61.1 Å². The molecule has 5 heteroatoms. The highest BCUT2D eigenvalue weighted by molar-refractivity contribution is 7.10. The van der Waals surface area contributed by atoms with Crippen molar-refractivity contribution in [2.45, 2.75) is 6.55 Å². The van der Waals surface area contributed by atoms with Gasteiger partial charge in [-0.25, -0.2) is 0 Å². The summed E-state index contributed by atoms with van der Waals surface area (Å²) in [6.07, 6.45) is 11.2. The molecule has 4 aromatic heterocycles. The summed E-state index contributed by atoms with van der Waals surface area (Å²) in [5.41, 5.74) is 6.45. The first-order valence-electron chi connectivity index (χ1n) is 12.6. The molecule has 6 rings (SSSR count). The Kier molecular flexibility index (Phi) is 6.42. The standard InChI is InChI=1S/C33H26N4Si/c1-38(29-9-5-8-28(22-29)25-10-16-34-17-11-25,30-14-20-36-32(23-30)26-6-3-2-4-7-26)31-15-21-37-33(24-31)27-12-18-35-19-13-27/h2-24H,1H3. The molecule has 0 N–H and O–H groups in total. The summed E-state index contributed by atoms with van der Waals surface area (Å²) in [6, 6.07) is 36.4. The van der Waals surface area contributed by atoms with Gasteiger partial charge in [0.1, 0.15) is 8.07 Å². The molecule has 38 heavy (non-hydrogen) atoms. The molecule has 0 spiro atoms. The molecule has 0 aliphatic heterocycles.